The lowest BCUT2D eigenvalue weighted by molar-refractivity contribution is -0.333. The Bertz CT molecular complexity index is 1350. The average molecular weight is 627 g/mol. The number of ether oxygens (including phenoxy) is 6. The molecular weight excluding hydrogens is 592 g/mol. The highest BCUT2D eigenvalue weighted by atomic mass is 16.7. The van der Waals surface area contributed by atoms with Crippen LogP contribution in [-0.2, 0) is 18.9 Å². The van der Waals surface area contributed by atoms with E-state index in [1.54, 1.807) is 0 Å². The number of phenols is 3. The first-order chi connectivity index (χ1) is 20.8. The fourth-order valence-corrected chi connectivity index (χ4v) is 5.32. The van der Waals surface area contributed by atoms with Crippen molar-refractivity contribution >= 4 is 5.78 Å². The van der Waals surface area contributed by atoms with Crippen molar-refractivity contribution in [2.45, 2.75) is 80.5 Å². The lowest BCUT2D eigenvalue weighted by atomic mass is 9.92. The number of hydrogen-bond donors (Lipinski definition) is 9. The number of fused-ring (bicyclic) bond motifs is 1. The van der Waals surface area contributed by atoms with E-state index in [9.17, 15) is 50.8 Å². The van der Waals surface area contributed by atoms with Crippen LogP contribution in [0.15, 0.2) is 30.3 Å². The van der Waals surface area contributed by atoms with Crippen LogP contribution in [0.1, 0.15) is 28.9 Å². The molecule has 3 heterocycles. The molecule has 16 heteroatoms. The van der Waals surface area contributed by atoms with Gasteiger partial charge in [-0.3, -0.25) is 4.79 Å². The van der Waals surface area contributed by atoms with E-state index in [1.165, 1.54) is 32.2 Å². The van der Waals surface area contributed by atoms with Gasteiger partial charge in [0.25, 0.3) is 0 Å². The van der Waals surface area contributed by atoms with Crippen molar-refractivity contribution < 1.29 is 79.2 Å². The highest BCUT2D eigenvalue weighted by Gasteiger charge is 2.50. The summed E-state index contributed by atoms with van der Waals surface area (Å²) >= 11 is 0. The summed E-state index contributed by atoms with van der Waals surface area (Å²) in [6.45, 7) is 0.863. The topological polar surface area (TPSA) is 255 Å². The Hall–Kier alpha value is -3.29. The first-order valence-electron chi connectivity index (χ1n) is 13.6. The number of carbonyl (C=O) groups is 1. The quantitative estimate of drug-likeness (QED) is 0.164. The lowest BCUT2D eigenvalue weighted by Gasteiger charge is -2.44. The van der Waals surface area contributed by atoms with E-state index >= 15 is 0 Å². The third-order valence-corrected chi connectivity index (χ3v) is 7.81. The number of Topliss-reactive ketones (excluding diaryl/α,β-unsaturated/α-hetero) is 1. The van der Waals surface area contributed by atoms with Crippen molar-refractivity contribution in [3.8, 4) is 28.7 Å². The summed E-state index contributed by atoms with van der Waals surface area (Å²) < 4.78 is 33.4. The molecule has 44 heavy (non-hydrogen) atoms. The van der Waals surface area contributed by atoms with Gasteiger partial charge in [-0.15, -0.1) is 0 Å². The molecule has 0 bridgehead atoms. The number of hydrogen-bond acceptors (Lipinski definition) is 16. The molecule has 3 aliphatic heterocycles. The van der Waals surface area contributed by atoms with E-state index in [0.717, 1.165) is 12.1 Å². The first-order valence-corrected chi connectivity index (χ1v) is 13.6. The van der Waals surface area contributed by atoms with Gasteiger partial charge in [-0.25, -0.2) is 0 Å². The Morgan fingerprint density at radius 3 is 2.16 bits per heavy atom. The SMILES string of the molecule is COc1ccc([C@H]2Oc3cc(O)cc(O)c3C(=O)[C@@H]2O[C@@H]2O[C@@H](CO[C@@H]3O[C@@H](C)[C@H](O)[C@H](O)[C@H]3O)[C@H](O)[C@H](O)[C@@H]2O)cc1O. The molecule has 2 saturated heterocycles. The molecule has 2 aromatic rings. The minimum absolute atomic E-state index is 0.110. The van der Waals surface area contributed by atoms with Crippen LogP contribution in [0.4, 0.5) is 0 Å². The summed E-state index contributed by atoms with van der Waals surface area (Å²) in [7, 11) is 1.33. The van der Waals surface area contributed by atoms with E-state index in [0.29, 0.717) is 0 Å². The van der Waals surface area contributed by atoms with Gasteiger partial charge < -0.3 is 74.4 Å². The van der Waals surface area contributed by atoms with E-state index in [4.69, 9.17) is 28.4 Å². The smallest absolute Gasteiger partial charge is 0.203 e. The van der Waals surface area contributed by atoms with Gasteiger partial charge in [0.15, 0.2) is 36.3 Å². The molecular formula is C28H34O16. The molecule has 0 saturated carbocycles. The van der Waals surface area contributed by atoms with Gasteiger partial charge in [0.1, 0.15) is 65.5 Å². The van der Waals surface area contributed by atoms with Crippen molar-refractivity contribution in [1.29, 1.82) is 0 Å². The normalized spacial score (nSPS) is 37.2. The van der Waals surface area contributed by atoms with Gasteiger partial charge in [0, 0.05) is 12.1 Å². The van der Waals surface area contributed by atoms with Crippen LogP contribution < -0.4 is 9.47 Å². The van der Waals surface area contributed by atoms with Crippen molar-refractivity contribution in [1.82, 2.24) is 0 Å². The maximum absolute atomic E-state index is 13.7. The van der Waals surface area contributed by atoms with Crippen LogP contribution in [0.3, 0.4) is 0 Å². The van der Waals surface area contributed by atoms with Gasteiger partial charge >= 0.3 is 0 Å². The van der Waals surface area contributed by atoms with Crippen LogP contribution in [0.25, 0.3) is 0 Å². The molecule has 2 aromatic carbocycles. The number of aliphatic hydroxyl groups excluding tert-OH is 6. The molecule has 0 aliphatic carbocycles. The van der Waals surface area contributed by atoms with Crippen molar-refractivity contribution in [2.75, 3.05) is 13.7 Å². The van der Waals surface area contributed by atoms with Crippen LogP contribution in [-0.4, -0.2) is 133 Å². The van der Waals surface area contributed by atoms with Crippen LogP contribution >= 0.6 is 0 Å². The van der Waals surface area contributed by atoms with Crippen molar-refractivity contribution in [2.24, 2.45) is 0 Å². The van der Waals surface area contributed by atoms with Gasteiger partial charge in [-0.2, -0.15) is 0 Å². The highest BCUT2D eigenvalue weighted by Crippen LogP contribution is 2.44. The first kappa shape index (κ1) is 32.1. The molecule has 0 radical (unpaired) electrons. The Morgan fingerprint density at radius 1 is 0.795 bits per heavy atom. The molecule has 0 amide bonds. The van der Waals surface area contributed by atoms with Crippen molar-refractivity contribution in [3.63, 3.8) is 0 Å². The lowest BCUT2D eigenvalue weighted by Crippen LogP contribution is -2.62. The van der Waals surface area contributed by atoms with E-state index in [-0.39, 0.29) is 28.4 Å². The standard InChI is InChI=1S/C28H34O16/c1-9-18(32)21(35)23(37)27(41-9)40-8-16-19(33)22(36)24(38)28(43-16)44-26-20(34)17-13(31)6-11(29)7-15(17)42-25(26)10-3-4-14(39-2)12(30)5-10/h3-7,9,16,18-19,21-33,35-38H,8H2,1-2H3/t9-,16-,18-,19-,21-,22-,23+,24-,25+,26-,27+,28-/m0/s1. The maximum atomic E-state index is 13.7. The van der Waals surface area contributed by atoms with E-state index in [1.807, 2.05) is 0 Å². The number of benzene rings is 2. The van der Waals surface area contributed by atoms with Gasteiger partial charge in [-0.1, -0.05) is 6.07 Å². The molecule has 0 spiro atoms. The summed E-state index contributed by atoms with van der Waals surface area (Å²) in [5.41, 5.74) is -0.176. The number of rotatable bonds is 7. The predicted octanol–water partition coefficient (Wildman–Crippen LogP) is -1.83. The second-order valence-corrected chi connectivity index (χ2v) is 10.8. The molecule has 3 aliphatic rings. The fraction of sp³-hybridized carbons (Fsp3) is 0.536. The number of aliphatic hydroxyl groups is 6. The second kappa shape index (κ2) is 12.6. The third kappa shape index (κ3) is 5.89. The monoisotopic (exact) mass is 626 g/mol. The number of methoxy groups -OCH3 is 1. The molecule has 2 fully saturated rings. The molecule has 9 N–H and O–H groups in total. The molecule has 0 unspecified atom stereocenters. The number of carbonyl (C=O) groups excluding carboxylic acids is 1. The number of ketones is 1. The predicted molar refractivity (Wildman–Crippen MR) is 142 cm³/mol. The average Bonchev–Trinajstić information content (AvgIpc) is 2.98. The largest absolute Gasteiger partial charge is 0.508 e. The summed E-state index contributed by atoms with van der Waals surface area (Å²) in [4.78, 5) is 13.7. The Labute approximate surface area is 249 Å². The minimum Gasteiger partial charge on any atom is -0.508 e. The molecule has 242 valence electrons. The van der Waals surface area contributed by atoms with Crippen LogP contribution in [0, 0.1) is 0 Å². The van der Waals surface area contributed by atoms with Gasteiger partial charge in [0.2, 0.25) is 5.78 Å². The van der Waals surface area contributed by atoms with E-state index in [2.05, 4.69) is 0 Å². The number of phenolic OH excluding ortho intramolecular Hbond substituents is 3. The second-order valence-electron chi connectivity index (χ2n) is 10.8. The van der Waals surface area contributed by atoms with Crippen molar-refractivity contribution in [3.05, 3.63) is 41.5 Å². The zero-order chi connectivity index (χ0) is 32.0. The van der Waals surface area contributed by atoms with Crippen LogP contribution in [0.5, 0.6) is 28.7 Å². The van der Waals surface area contributed by atoms with Gasteiger partial charge in [-0.05, 0) is 24.6 Å². The van der Waals surface area contributed by atoms with E-state index < -0.39 is 97.5 Å². The third-order valence-electron chi connectivity index (χ3n) is 7.81. The molecule has 16 nitrogen and oxygen atoms in total. The molecule has 5 rings (SSSR count). The van der Waals surface area contributed by atoms with Crippen LogP contribution in [0.2, 0.25) is 0 Å². The summed E-state index contributed by atoms with van der Waals surface area (Å²) in [6.07, 6.45) is -18.9. The zero-order valence-corrected chi connectivity index (χ0v) is 23.4. The summed E-state index contributed by atoms with van der Waals surface area (Å²) in [5.74, 6) is -2.31. The summed E-state index contributed by atoms with van der Waals surface area (Å²) in [5, 5.41) is 92.8. The maximum Gasteiger partial charge on any atom is 0.203 e. The Morgan fingerprint density at radius 2 is 1.48 bits per heavy atom. The highest BCUT2D eigenvalue weighted by molar-refractivity contribution is 6.05. The minimum atomic E-state index is -1.91. The Balaban J connectivity index is 1.41. The number of aromatic hydroxyl groups is 3. The van der Waals surface area contributed by atoms with Gasteiger partial charge in [0.05, 0.1) is 19.8 Å². The Kier molecular flexibility index (Phi) is 9.20. The summed E-state index contributed by atoms with van der Waals surface area (Å²) in [6, 6.07) is 6.08. The molecule has 0 aromatic heterocycles. The molecule has 12 atom stereocenters. The zero-order valence-electron chi connectivity index (χ0n) is 23.4. The fourth-order valence-electron chi connectivity index (χ4n) is 5.32.